The molecule has 0 saturated carbocycles. The van der Waals surface area contributed by atoms with Crippen LogP contribution in [0.5, 0.6) is 0 Å². The first-order valence-corrected chi connectivity index (χ1v) is 33.9. The number of halogens is 20. The lowest BCUT2D eigenvalue weighted by Crippen LogP contribution is -2.69. The van der Waals surface area contributed by atoms with Gasteiger partial charge in [-0.2, -0.15) is 5.21 Å². The highest BCUT2D eigenvalue weighted by atomic mass is 31.1. The standard InChI is InChI=1S/C73H79B2F20O2P2/c1-66(2,3)29-37(98-63-33(70(13,14)15)25-31(68(7,8)9)26-34(63)71(16,17)18)74(39-43(76)51(84)59(92)52(85)44(39)77,40-45(78)53(86)60(93)54(87)46(40)79)96-65-97-75(41-47(80)55(88)61(94)56(89)48(41)81,42-49(82)57(90)62(95)58(91)50(42)83)38(30-67(4,5)6)99(65)64-35(72(19,20)21)27-32(69(10,11)12)28-36(64)73(22,23)24/h25-30,98H,1-24H3/q-1/b37-29-,38-30-. The number of rotatable bonds is 10. The number of hydrogen-bond acceptors (Lipinski definition) is 2. The van der Waals surface area contributed by atoms with Crippen molar-refractivity contribution in [3.8, 4) is 0 Å². The van der Waals surface area contributed by atoms with Crippen molar-refractivity contribution in [1.82, 2.24) is 0 Å². The van der Waals surface area contributed by atoms with Crippen molar-refractivity contribution in [3.63, 3.8) is 0 Å². The van der Waals surface area contributed by atoms with E-state index in [1.807, 2.05) is 20.8 Å². The first kappa shape index (κ1) is 80.4. The summed E-state index contributed by atoms with van der Waals surface area (Å²) in [5.74, 6) is -61.0. The van der Waals surface area contributed by atoms with Gasteiger partial charge in [0.15, 0.2) is 82.7 Å². The predicted molar refractivity (Wildman–Crippen MR) is 357 cm³/mol. The fourth-order valence-electron chi connectivity index (χ4n) is 12.4. The van der Waals surface area contributed by atoms with E-state index in [0.717, 1.165) is 12.2 Å². The van der Waals surface area contributed by atoms with Crippen molar-refractivity contribution in [2.24, 2.45) is 10.8 Å². The maximum absolute atomic E-state index is 18.5. The summed E-state index contributed by atoms with van der Waals surface area (Å²) >= 11 is 0. The molecule has 0 saturated heterocycles. The largest absolute Gasteiger partial charge is 0.496 e. The highest BCUT2D eigenvalue weighted by Gasteiger charge is 2.61. The van der Waals surface area contributed by atoms with Crippen LogP contribution in [0.15, 0.2) is 46.8 Å². The van der Waals surface area contributed by atoms with Gasteiger partial charge >= 0.3 is 0 Å². The van der Waals surface area contributed by atoms with E-state index in [9.17, 15) is 0 Å². The van der Waals surface area contributed by atoms with Gasteiger partial charge < -0.3 is 9.31 Å². The van der Waals surface area contributed by atoms with Crippen molar-refractivity contribution in [2.75, 3.05) is 0 Å². The Morgan fingerprint density at radius 2 is 0.626 bits per heavy atom. The summed E-state index contributed by atoms with van der Waals surface area (Å²) < 4.78 is 358. The summed E-state index contributed by atoms with van der Waals surface area (Å²) in [7, 11) is -5.76. The molecule has 540 valence electrons. The molecule has 0 N–H and O–H groups in total. The van der Waals surface area contributed by atoms with Gasteiger partial charge in [-0.05, 0) is 70.9 Å². The molecule has 0 amide bonds. The Kier molecular flexibility index (Phi) is 21.2. The normalized spacial score (nSPS) is 15.9. The van der Waals surface area contributed by atoms with Crippen LogP contribution in [-0.2, 0) is 41.8 Å². The van der Waals surface area contributed by atoms with Gasteiger partial charge in [0.25, 0.3) is 12.0 Å². The molecule has 0 radical (unpaired) electrons. The smallest absolute Gasteiger partial charge is 0.287 e. The van der Waals surface area contributed by atoms with Gasteiger partial charge in [-0.1, -0.05) is 227 Å². The molecule has 0 bridgehead atoms. The monoisotopic (exact) mass is 1450 g/mol. The second kappa shape index (κ2) is 26.1. The molecule has 0 aromatic heterocycles. The van der Waals surface area contributed by atoms with Crippen LogP contribution in [0, 0.1) is 127 Å². The van der Waals surface area contributed by atoms with Crippen LogP contribution in [-0.4, -0.2) is 18.4 Å². The van der Waals surface area contributed by atoms with E-state index in [4.69, 9.17) is 9.31 Å². The fraction of sp³-hybridized carbons (Fsp3) is 0.438. The van der Waals surface area contributed by atoms with Gasteiger partial charge in [0, 0.05) is 16.3 Å². The highest BCUT2D eigenvalue weighted by Crippen LogP contribution is 2.56. The number of benzene rings is 6. The molecule has 2 unspecified atom stereocenters. The molecular weight excluding hydrogens is 1370 g/mol. The first-order valence-electron chi connectivity index (χ1n) is 31.5. The summed E-state index contributed by atoms with van der Waals surface area (Å²) in [6.45, 7) is 37.2. The molecule has 26 heteroatoms. The highest BCUT2D eigenvalue weighted by molar-refractivity contribution is 7.75. The van der Waals surface area contributed by atoms with E-state index in [-0.39, 0.29) is 27.6 Å². The van der Waals surface area contributed by atoms with Crippen molar-refractivity contribution < 1.29 is 97.1 Å². The Hall–Kier alpha value is -5.95. The Balaban J connectivity index is 2.09. The molecule has 6 aromatic rings. The van der Waals surface area contributed by atoms with Crippen molar-refractivity contribution in [3.05, 3.63) is 197 Å². The third-order valence-electron chi connectivity index (χ3n) is 17.3. The SMILES string of the molecule is CC(C)(C)/C=C(\Pc1c(C(C)(C)C)cc(C(C)(C)C)cc1C(C)(C)C)[B-](OC1=[P+](c2c(C(C)(C)C)cc(C(C)(C)C)cc2C(C)(C)C)/C(=C\C(C)(C)C)[B-](c2c(F)c(F)c(F)c(F)c2F)(c2c(F)c(F)c(F)c(F)c2F)O1)(c1c(F)c(F)c(F)c(F)c1F)c1c(F)c(F)c(F)c(F)c1F. The molecule has 0 fully saturated rings. The van der Waals surface area contributed by atoms with E-state index in [1.54, 1.807) is 74.4 Å². The van der Waals surface area contributed by atoms with Crippen LogP contribution < -0.4 is 32.5 Å². The Labute approximate surface area is 567 Å². The van der Waals surface area contributed by atoms with Gasteiger partial charge in [0.05, 0.1) is 0 Å². The van der Waals surface area contributed by atoms with Gasteiger partial charge in [-0.25, -0.2) is 87.8 Å². The zero-order valence-electron chi connectivity index (χ0n) is 59.4. The zero-order chi connectivity index (χ0) is 76.1. The van der Waals surface area contributed by atoms with E-state index < -0.39 is 232 Å². The average molecular weight is 1450 g/mol. The van der Waals surface area contributed by atoms with Crippen LogP contribution in [0.25, 0.3) is 0 Å². The van der Waals surface area contributed by atoms with E-state index in [0.29, 0.717) is 11.1 Å². The number of hydrogen-bond donors (Lipinski definition) is 0. The molecule has 0 spiro atoms. The summed E-state index contributed by atoms with van der Waals surface area (Å²) in [6.07, 6.45) is -10.6. The maximum Gasteiger partial charge on any atom is 0.287 e. The second-order valence-electron chi connectivity index (χ2n) is 33.7. The quantitative estimate of drug-likeness (QED) is 0.0447. The van der Waals surface area contributed by atoms with Crippen LogP contribution in [0.3, 0.4) is 0 Å². The van der Waals surface area contributed by atoms with Gasteiger partial charge in [0.1, 0.15) is 46.5 Å². The van der Waals surface area contributed by atoms with E-state index in [1.165, 1.54) is 95.2 Å². The average Bonchev–Trinajstić information content (AvgIpc) is 1.61. The van der Waals surface area contributed by atoms with Crippen LogP contribution in [0.2, 0.25) is 0 Å². The van der Waals surface area contributed by atoms with Gasteiger partial charge in [0.2, 0.25) is 6.35 Å². The third kappa shape index (κ3) is 14.1. The van der Waals surface area contributed by atoms with Gasteiger partial charge in [-0.15, -0.1) is 6.08 Å². The Bertz CT molecular complexity index is 4120. The minimum atomic E-state index is -6.20. The molecule has 1 aliphatic heterocycles. The molecule has 0 aliphatic carbocycles. The van der Waals surface area contributed by atoms with Crippen LogP contribution in [0.1, 0.15) is 200 Å². The Morgan fingerprint density at radius 1 is 0.364 bits per heavy atom. The van der Waals surface area contributed by atoms with Crippen molar-refractivity contribution >= 4 is 66.9 Å². The van der Waals surface area contributed by atoms with Gasteiger partial charge in [-0.3, -0.25) is 0 Å². The molecule has 1 aliphatic rings. The minimum absolute atomic E-state index is 0.0156. The Morgan fingerprint density at radius 3 is 0.879 bits per heavy atom. The summed E-state index contributed by atoms with van der Waals surface area (Å²) in [5.41, 5.74) is -21.5. The van der Waals surface area contributed by atoms with E-state index in [2.05, 4.69) is 0 Å². The predicted octanol–water partition coefficient (Wildman–Crippen LogP) is 20.0. The number of allylic oxidation sites excluding steroid dienone is 2. The molecule has 7 rings (SSSR count). The summed E-state index contributed by atoms with van der Waals surface area (Å²) in [4.78, 5) is 0. The summed E-state index contributed by atoms with van der Waals surface area (Å²) in [5, 5.41) is -2.91. The zero-order valence-corrected chi connectivity index (χ0v) is 61.3. The fourth-order valence-corrected chi connectivity index (χ4v) is 18.6. The molecule has 99 heavy (non-hydrogen) atoms. The first-order chi connectivity index (χ1) is 44.5. The maximum atomic E-state index is 18.5. The van der Waals surface area contributed by atoms with Crippen LogP contribution >= 0.6 is 16.1 Å². The van der Waals surface area contributed by atoms with Crippen molar-refractivity contribution in [2.45, 2.75) is 199 Å². The van der Waals surface area contributed by atoms with E-state index >= 15 is 87.8 Å². The summed E-state index contributed by atoms with van der Waals surface area (Å²) in [6, 6.07) is 6.27. The third-order valence-corrected chi connectivity index (χ3v) is 21.5. The molecular formula is C73H79B2F20O2P2-. The topological polar surface area (TPSA) is 18.5 Å². The molecule has 2 atom stereocenters. The second-order valence-corrected chi connectivity index (χ2v) is 37.1. The van der Waals surface area contributed by atoms with Crippen LogP contribution in [0.4, 0.5) is 87.8 Å². The lowest BCUT2D eigenvalue weighted by atomic mass is 9.30. The lowest BCUT2D eigenvalue weighted by Gasteiger charge is -2.47. The minimum Gasteiger partial charge on any atom is -0.496 e. The van der Waals surface area contributed by atoms with Crippen molar-refractivity contribution in [1.29, 1.82) is 0 Å². The molecule has 1 heterocycles. The molecule has 6 aromatic carbocycles. The molecule has 2 nitrogen and oxygen atoms in total. The lowest BCUT2D eigenvalue weighted by molar-refractivity contribution is 0.367.